The minimum atomic E-state index is -1.10. The normalized spacial score (nSPS) is 20.3. The Morgan fingerprint density at radius 3 is 2.63 bits per heavy atom. The Morgan fingerprint density at radius 2 is 1.95 bits per heavy atom. The van der Waals surface area contributed by atoms with Gasteiger partial charge in [-0.05, 0) is 50.4 Å². The number of esters is 1. The lowest BCUT2D eigenvalue weighted by Crippen LogP contribution is -2.53. The number of ketones is 1. The summed E-state index contributed by atoms with van der Waals surface area (Å²) < 4.78 is 16.1. The first kappa shape index (κ1) is 32.0. The molecule has 13 nitrogen and oxygen atoms in total. The van der Waals surface area contributed by atoms with Gasteiger partial charge in [-0.25, -0.2) is 4.79 Å². The molecule has 234 valence electrons. The number of hydrogen-bond donors (Lipinski definition) is 4. The van der Waals surface area contributed by atoms with Crippen LogP contribution in [0.1, 0.15) is 43.6 Å². The van der Waals surface area contributed by atoms with Gasteiger partial charge in [-0.15, -0.1) is 0 Å². The molecular formula is C30H41N5O8. The third-order valence-corrected chi connectivity index (χ3v) is 7.69. The van der Waals surface area contributed by atoms with Gasteiger partial charge in [0, 0.05) is 36.5 Å². The van der Waals surface area contributed by atoms with Gasteiger partial charge in [0.25, 0.3) is 5.91 Å². The number of benzene rings is 1. The molecule has 4 N–H and O–H groups in total. The summed E-state index contributed by atoms with van der Waals surface area (Å²) in [6.45, 7) is 5.11. The van der Waals surface area contributed by atoms with Gasteiger partial charge < -0.3 is 40.0 Å². The summed E-state index contributed by atoms with van der Waals surface area (Å²) in [5.74, 6) is -2.35. The standard InChI is InChI=1S/C30H41N5O8/c1-17(2)12-22(34-29(39)23-14-19-20(32-23)6-5-7-25(19)41-4)28(38)33-21(13-18-8-9-31-27(18)37)24(36)16-43-30(40)26-15-35(3)10-11-42-26/h5-7,14,17-18,21-22,26,32H,8-13,15-16H2,1-4H3,(H,31,37)(H,33,38)(H,34,39)/t18-,21-,22-,26-/m0/s1. The Labute approximate surface area is 250 Å². The largest absolute Gasteiger partial charge is 0.496 e. The monoisotopic (exact) mass is 599 g/mol. The summed E-state index contributed by atoms with van der Waals surface area (Å²) in [6, 6.07) is 4.98. The molecule has 13 heteroatoms. The molecule has 0 spiro atoms. The van der Waals surface area contributed by atoms with Crippen LogP contribution in [0, 0.1) is 11.8 Å². The van der Waals surface area contributed by atoms with Crippen molar-refractivity contribution < 1.29 is 38.2 Å². The molecule has 4 rings (SSSR count). The number of fused-ring (bicyclic) bond motifs is 1. The molecule has 0 unspecified atom stereocenters. The second kappa shape index (κ2) is 14.5. The average Bonchev–Trinajstić information content (AvgIpc) is 3.60. The molecule has 2 aliphatic heterocycles. The number of amides is 3. The molecule has 2 fully saturated rings. The second-order valence-corrected chi connectivity index (χ2v) is 11.5. The zero-order chi connectivity index (χ0) is 31.1. The lowest BCUT2D eigenvalue weighted by atomic mass is 9.95. The molecule has 2 saturated heterocycles. The number of aromatic amines is 1. The predicted octanol–water partition coefficient (Wildman–Crippen LogP) is 0.775. The number of carbonyl (C=O) groups is 5. The first-order valence-electron chi connectivity index (χ1n) is 14.6. The lowest BCUT2D eigenvalue weighted by Gasteiger charge is -2.28. The molecule has 4 atom stereocenters. The van der Waals surface area contributed by atoms with Gasteiger partial charge in [0.15, 0.2) is 18.5 Å². The van der Waals surface area contributed by atoms with Crippen LogP contribution in [0.4, 0.5) is 0 Å². The van der Waals surface area contributed by atoms with Crippen LogP contribution in [0.5, 0.6) is 5.75 Å². The quantitative estimate of drug-likeness (QED) is 0.243. The van der Waals surface area contributed by atoms with E-state index < -0.39 is 54.3 Å². The number of rotatable bonds is 13. The van der Waals surface area contributed by atoms with Crippen LogP contribution >= 0.6 is 0 Å². The summed E-state index contributed by atoms with van der Waals surface area (Å²) >= 11 is 0. The number of morpholine rings is 1. The molecule has 2 aliphatic rings. The summed E-state index contributed by atoms with van der Waals surface area (Å²) in [5, 5.41) is 8.98. The maximum atomic E-state index is 13.6. The predicted molar refractivity (Wildman–Crippen MR) is 156 cm³/mol. The van der Waals surface area contributed by atoms with E-state index in [4.69, 9.17) is 14.2 Å². The number of likely N-dealkylation sites (N-methyl/N-ethyl adjacent to an activating group) is 1. The summed E-state index contributed by atoms with van der Waals surface area (Å²) in [6.07, 6.45) is 0.0422. The van der Waals surface area contributed by atoms with Gasteiger partial charge in [-0.2, -0.15) is 0 Å². The maximum Gasteiger partial charge on any atom is 0.337 e. The third-order valence-electron chi connectivity index (χ3n) is 7.69. The van der Waals surface area contributed by atoms with Crippen molar-refractivity contribution >= 4 is 40.4 Å². The number of methoxy groups -OCH3 is 1. The van der Waals surface area contributed by atoms with Crippen molar-refractivity contribution in [3.63, 3.8) is 0 Å². The molecule has 0 aliphatic carbocycles. The number of carbonyl (C=O) groups excluding carboxylic acids is 5. The van der Waals surface area contributed by atoms with E-state index in [-0.39, 0.29) is 23.9 Å². The zero-order valence-corrected chi connectivity index (χ0v) is 25.1. The average molecular weight is 600 g/mol. The van der Waals surface area contributed by atoms with Crippen LogP contribution < -0.4 is 20.7 Å². The Morgan fingerprint density at radius 1 is 1.16 bits per heavy atom. The molecule has 2 aromatic rings. The molecule has 1 aromatic carbocycles. The highest BCUT2D eigenvalue weighted by Crippen LogP contribution is 2.26. The van der Waals surface area contributed by atoms with E-state index >= 15 is 0 Å². The maximum absolute atomic E-state index is 13.6. The Balaban J connectivity index is 1.46. The molecule has 3 amide bonds. The molecule has 0 bridgehead atoms. The summed E-state index contributed by atoms with van der Waals surface area (Å²) in [7, 11) is 3.40. The molecular weight excluding hydrogens is 558 g/mol. The van der Waals surface area contributed by atoms with E-state index in [1.165, 1.54) is 0 Å². The Kier molecular flexibility index (Phi) is 10.8. The SMILES string of the molecule is COc1cccc2[nH]c(C(=O)N[C@@H](CC(C)C)C(=O)N[C@@H](C[C@@H]3CCNC3=O)C(=O)COC(=O)[C@@H]3CN(C)CCO3)cc12. The molecule has 1 aromatic heterocycles. The van der Waals surface area contributed by atoms with Gasteiger partial charge in [0.1, 0.15) is 17.5 Å². The number of nitrogens with zero attached hydrogens (tertiary/aromatic N) is 1. The lowest BCUT2D eigenvalue weighted by molar-refractivity contribution is -0.164. The number of ether oxygens (including phenoxy) is 3. The van der Waals surface area contributed by atoms with Crippen LogP contribution in [0.15, 0.2) is 24.3 Å². The minimum absolute atomic E-state index is 0.0307. The van der Waals surface area contributed by atoms with Gasteiger partial charge >= 0.3 is 5.97 Å². The molecule has 0 saturated carbocycles. The van der Waals surface area contributed by atoms with Crippen molar-refractivity contribution in [2.45, 2.75) is 51.3 Å². The van der Waals surface area contributed by atoms with Crippen LogP contribution in [-0.2, 0) is 28.7 Å². The van der Waals surface area contributed by atoms with Crippen molar-refractivity contribution in [1.82, 2.24) is 25.8 Å². The van der Waals surface area contributed by atoms with Crippen LogP contribution in [0.3, 0.4) is 0 Å². The number of nitrogens with one attached hydrogen (secondary N) is 4. The van der Waals surface area contributed by atoms with E-state index in [0.717, 1.165) is 5.39 Å². The van der Waals surface area contributed by atoms with Crippen LogP contribution in [-0.4, -0.2) is 105 Å². The van der Waals surface area contributed by atoms with E-state index in [0.29, 0.717) is 50.3 Å². The topological polar surface area (TPSA) is 168 Å². The first-order valence-corrected chi connectivity index (χ1v) is 14.6. The van der Waals surface area contributed by atoms with Crippen molar-refractivity contribution in [3.8, 4) is 5.75 Å². The molecule has 43 heavy (non-hydrogen) atoms. The van der Waals surface area contributed by atoms with E-state index in [2.05, 4.69) is 20.9 Å². The molecule has 3 heterocycles. The van der Waals surface area contributed by atoms with Crippen molar-refractivity contribution in [2.24, 2.45) is 11.8 Å². The highest BCUT2D eigenvalue weighted by molar-refractivity contribution is 6.02. The number of Topliss-reactive ketones (excluding diaryl/α,β-unsaturated/α-hetero) is 1. The van der Waals surface area contributed by atoms with Gasteiger partial charge in [-0.1, -0.05) is 19.9 Å². The highest BCUT2D eigenvalue weighted by Gasteiger charge is 2.34. The Hall–Kier alpha value is -3.97. The second-order valence-electron chi connectivity index (χ2n) is 11.5. The highest BCUT2D eigenvalue weighted by atomic mass is 16.6. The Bertz CT molecular complexity index is 1340. The fourth-order valence-electron chi connectivity index (χ4n) is 5.32. The van der Waals surface area contributed by atoms with Gasteiger partial charge in [-0.3, -0.25) is 19.2 Å². The van der Waals surface area contributed by atoms with Crippen molar-refractivity contribution in [3.05, 3.63) is 30.0 Å². The number of H-pyrrole nitrogens is 1. The number of hydrogen-bond acceptors (Lipinski definition) is 9. The fourth-order valence-corrected chi connectivity index (χ4v) is 5.32. The third kappa shape index (κ3) is 8.32. The zero-order valence-electron chi connectivity index (χ0n) is 25.1. The van der Waals surface area contributed by atoms with E-state index in [9.17, 15) is 24.0 Å². The smallest absolute Gasteiger partial charge is 0.337 e. The van der Waals surface area contributed by atoms with Crippen molar-refractivity contribution in [2.75, 3.05) is 47.0 Å². The number of aromatic nitrogens is 1. The molecule has 0 radical (unpaired) electrons. The van der Waals surface area contributed by atoms with Gasteiger partial charge in [0.05, 0.1) is 19.8 Å². The van der Waals surface area contributed by atoms with E-state index in [1.54, 1.807) is 25.3 Å². The summed E-state index contributed by atoms with van der Waals surface area (Å²) in [4.78, 5) is 69.9. The first-order chi connectivity index (χ1) is 20.5. The minimum Gasteiger partial charge on any atom is -0.496 e. The van der Waals surface area contributed by atoms with Crippen LogP contribution in [0.25, 0.3) is 10.9 Å². The fraction of sp³-hybridized carbons (Fsp3) is 0.567. The van der Waals surface area contributed by atoms with Crippen LogP contribution in [0.2, 0.25) is 0 Å². The van der Waals surface area contributed by atoms with E-state index in [1.807, 2.05) is 31.9 Å². The summed E-state index contributed by atoms with van der Waals surface area (Å²) in [5.41, 5.74) is 0.952. The van der Waals surface area contributed by atoms with Crippen molar-refractivity contribution in [1.29, 1.82) is 0 Å². The van der Waals surface area contributed by atoms with Gasteiger partial charge in [0.2, 0.25) is 11.8 Å².